The Kier molecular flexibility index (Phi) is 3.37. The number of anilines is 1. The Morgan fingerprint density at radius 2 is 2.10 bits per heavy atom. The number of benzene rings is 2. The highest BCUT2D eigenvalue weighted by molar-refractivity contribution is 5.94. The summed E-state index contributed by atoms with van der Waals surface area (Å²) >= 11 is 0. The van der Waals surface area contributed by atoms with E-state index in [0.717, 1.165) is 22.4 Å². The second-order valence-corrected chi connectivity index (χ2v) is 5.44. The molecule has 2 aromatic carbocycles. The maximum atomic E-state index is 13.9. The van der Waals surface area contributed by atoms with Gasteiger partial charge in [-0.05, 0) is 42.7 Å². The Balaban J connectivity index is 1.89. The van der Waals surface area contributed by atoms with Gasteiger partial charge in [0.1, 0.15) is 5.82 Å². The summed E-state index contributed by atoms with van der Waals surface area (Å²) in [4.78, 5) is 14.2. The molecule has 1 heterocycles. The molecule has 0 spiro atoms. The summed E-state index contributed by atoms with van der Waals surface area (Å²) in [6, 6.07) is 10.3. The molecule has 0 aromatic heterocycles. The van der Waals surface area contributed by atoms with Crippen molar-refractivity contribution in [2.75, 3.05) is 12.3 Å². The van der Waals surface area contributed by atoms with Crippen LogP contribution in [0.15, 0.2) is 36.4 Å². The molecule has 4 heteroatoms. The fourth-order valence-electron chi connectivity index (χ4n) is 2.79. The Labute approximate surface area is 123 Å². The molecule has 1 amide bonds. The Morgan fingerprint density at radius 1 is 1.29 bits per heavy atom. The summed E-state index contributed by atoms with van der Waals surface area (Å²) in [5.74, 6) is -0.728. The zero-order chi connectivity index (χ0) is 15.0. The van der Waals surface area contributed by atoms with Gasteiger partial charge in [0.15, 0.2) is 0 Å². The van der Waals surface area contributed by atoms with Gasteiger partial charge in [-0.3, -0.25) is 4.79 Å². The monoisotopic (exact) mass is 284 g/mol. The van der Waals surface area contributed by atoms with E-state index >= 15 is 0 Å². The van der Waals surface area contributed by atoms with Gasteiger partial charge in [-0.2, -0.15) is 0 Å². The predicted octanol–water partition coefficient (Wildman–Crippen LogP) is 2.91. The lowest BCUT2D eigenvalue weighted by atomic mass is 9.97. The molecule has 0 saturated heterocycles. The molecule has 0 fully saturated rings. The van der Waals surface area contributed by atoms with Crippen molar-refractivity contribution in [1.82, 2.24) is 4.90 Å². The van der Waals surface area contributed by atoms with Crippen molar-refractivity contribution in [2.24, 2.45) is 0 Å². The highest BCUT2D eigenvalue weighted by atomic mass is 19.1. The predicted molar refractivity (Wildman–Crippen MR) is 80.4 cm³/mol. The molecule has 1 aliphatic heterocycles. The topological polar surface area (TPSA) is 46.3 Å². The van der Waals surface area contributed by atoms with E-state index in [9.17, 15) is 9.18 Å². The van der Waals surface area contributed by atoms with Crippen molar-refractivity contribution in [1.29, 1.82) is 0 Å². The third-order valence-electron chi connectivity index (χ3n) is 3.94. The molecule has 0 bridgehead atoms. The third-order valence-corrected chi connectivity index (χ3v) is 3.94. The van der Waals surface area contributed by atoms with Crippen LogP contribution in [0.1, 0.15) is 27.0 Å². The number of halogens is 1. The van der Waals surface area contributed by atoms with Gasteiger partial charge in [0.05, 0.1) is 5.56 Å². The number of rotatable bonds is 1. The Bertz CT molecular complexity index is 712. The van der Waals surface area contributed by atoms with Crippen LogP contribution in [-0.2, 0) is 13.0 Å². The van der Waals surface area contributed by atoms with Gasteiger partial charge in [0, 0.05) is 18.8 Å². The lowest BCUT2D eigenvalue weighted by Crippen LogP contribution is -2.36. The minimum Gasteiger partial charge on any atom is -0.398 e. The lowest BCUT2D eigenvalue weighted by molar-refractivity contribution is 0.0730. The number of nitrogen functional groups attached to an aromatic ring is 1. The average Bonchev–Trinajstić information content (AvgIpc) is 2.49. The molecule has 0 unspecified atom stereocenters. The van der Waals surface area contributed by atoms with E-state index in [4.69, 9.17) is 5.73 Å². The Morgan fingerprint density at radius 3 is 2.90 bits per heavy atom. The van der Waals surface area contributed by atoms with Crippen LogP contribution in [0.4, 0.5) is 10.1 Å². The van der Waals surface area contributed by atoms with Crippen molar-refractivity contribution >= 4 is 11.6 Å². The number of hydrogen-bond donors (Lipinski definition) is 1. The summed E-state index contributed by atoms with van der Waals surface area (Å²) in [6.07, 6.45) is 0.710. The van der Waals surface area contributed by atoms with Gasteiger partial charge in [-0.25, -0.2) is 4.39 Å². The standard InChI is InChI=1S/C17H17FN2O/c1-11-5-6-15(18)14(9-11)17(21)20-8-7-13-12(10-20)3-2-4-16(13)19/h2-6,9H,7-8,10,19H2,1H3. The number of carbonyl (C=O) groups is 1. The van der Waals surface area contributed by atoms with Crippen LogP contribution in [0.25, 0.3) is 0 Å². The number of fused-ring (bicyclic) bond motifs is 1. The lowest BCUT2D eigenvalue weighted by Gasteiger charge is -2.29. The largest absolute Gasteiger partial charge is 0.398 e. The first kappa shape index (κ1) is 13.6. The maximum Gasteiger partial charge on any atom is 0.257 e. The molecular weight excluding hydrogens is 267 g/mol. The number of hydrogen-bond acceptors (Lipinski definition) is 2. The highest BCUT2D eigenvalue weighted by Gasteiger charge is 2.24. The first-order chi connectivity index (χ1) is 10.1. The summed E-state index contributed by atoms with van der Waals surface area (Å²) in [6.45, 7) is 2.89. The highest BCUT2D eigenvalue weighted by Crippen LogP contribution is 2.25. The Hall–Kier alpha value is -2.36. The van der Waals surface area contributed by atoms with Gasteiger partial charge in [-0.15, -0.1) is 0 Å². The van der Waals surface area contributed by atoms with Crippen molar-refractivity contribution in [3.63, 3.8) is 0 Å². The molecule has 2 aromatic rings. The molecule has 3 rings (SSSR count). The van der Waals surface area contributed by atoms with Crippen LogP contribution in [-0.4, -0.2) is 17.4 Å². The van der Waals surface area contributed by atoms with Crippen LogP contribution in [0.2, 0.25) is 0 Å². The second kappa shape index (κ2) is 5.20. The molecule has 0 saturated carbocycles. The van der Waals surface area contributed by atoms with E-state index in [2.05, 4.69) is 0 Å². The van der Waals surface area contributed by atoms with Crippen LogP contribution in [0.3, 0.4) is 0 Å². The number of aryl methyl sites for hydroxylation is 1. The molecule has 0 aliphatic carbocycles. The van der Waals surface area contributed by atoms with E-state index in [1.165, 1.54) is 6.07 Å². The van der Waals surface area contributed by atoms with Crippen molar-refractivity contribution < 1.29 is 9.18 Å². The normalized spacial score (nSPS) is 13.9. The van der Waals surface area contributed by atoms with Crippen molar-refractivity contribution in [3.05, 3.63) is 64.5 Å². The zero-order valence-corrected chi connectivity index (χ0v) is 11.9. The van der Waals surface area contributed by atoms with Crippen molar-refractivity contribution in [3.8, 4) is 0 Å². The van der Waals surface area contributed by atoms with Gasteiger partial charge in [0.25, 0.3) is 5.91 Å². The summed E-state index contributed by atoms with van der Waals surface area (Å²) in [5, 5.41) is 0. The van der Waals surface area contributed by atoms with E-state index < -0.39 is 5.82 Å². The first-order valence-corrected chi connectivity index (χ1v) is 6.98. The van der Waals surface area contributed by atoms with E-state index in [-0.39, 0.29) is 11.5 Å². The second-order valence-electron chi connectivity index (χ2n) is 5.44. The average molecular weight is 284 g/mol. The molecule has 21 heavy (non-hydrogen) atoms. The molecule has 1 aliphatic rings. The minimum absolute atomic E-state index is 0.141. The number of nitrogens with two attached hydrogens (primary N) is 1. The van der Waals surface area contributed by atoms with E-state index in [0.29, 0.717) is 19.5 Å². The third kappa shape index (κ3) is 2.49. The van der Waals surface area contributed by atoms with Crippen LogP contribution in [0, 0.1) is 12.7 Å². The molecule has 108 valence electrons. The summed E-state index contributed by atoms with van der Waals surface area (Å²) in [5.41, 5.74) is 9.88. The summed E-state index contributed by atoms with van der Waals surface area (Å²) in [7, 11) is 0. The van der Waals surface area contributed by atoms with Gasteiger partial charge in [0.2, 0.25) is 0 Å². The van der Waals surface area contributed by atoms with E-state index in [1.807, 2.05) is 25.1 Å². The maximum absolute atomic E-state index is 13.9. The number of carbonyl (C=O) groups excluding carboxylic acids is 1. The minimum atomic E-state index is -0.469. The van der Waals surface area contributed by atoms with E-state index in [1.54, 1.807) is 17.0 Å². The SMILES string of the molecule is Cc1ccc(F)c(C(=O)N2CCc3c(N)cccc3C2)c1. The molecule has 2 N–H and O–H groups in total. The van der Waals surface area contributed by atoms with Crippen LogP contribution < -0.4 is 5.73 Å². The molecule has 3 nitrogen and oxygen atoms in total. The van der Waals surface area contributed by atoms with Crippen LogP contribution >= 0.6 is 0 Å². The van der Waals surface area contributed by atoms with Gasteiger partial charge in [-0.1, -0.05) is 23.8 Å². The number of amides is 1. The fraction of sp³-hybridized carbons (Fsp3) is 0.235. The molecule has 0 radical (unpaired) electrons. The smallest absolute Gasteiger partial charge is 0.257 e. The number of nitrogens with zero attached hydrogens (tertiary/aromatic N) is 1. The fourth-order valence-corrected chi connectivity index (χ4v) is 2.79. The van der Waals surface area contributed by atoms with Crippen LogP contribution in [0.5, 0.6) is 0 Å². The first-order valence-electron chi connectivity index (χ1n) is 6.98. The van der Waals surface area contributed by atoms with Gasteiger partial charge < -0.3 is 10.6 Å². The quantitative estimate of drug-likeness (QED) is 0.818. The van der Waals surface area contributed by atoms with Gasteiger partial charge >= 0.3 is 0 Å². The zero-order valence-electron chi connectivity index (χ0n) is 11.9. The van der Waals surface area contributed by atoms with Crippen molar-refractivity contribution in [2.45, 2.75) is 19.9 Å². The molecular formula is C17H17FN2O. The molecule has 0 atom stereocenters. The summed E-state index contributed by atoms with van der Waals surface area (Å²) < 4.78 is 13.9.